The highest BCUT2D eigenvalue weighted by atomic mass is 35.5. The maximum absolute atomic E-state index is 12.6. The number of nitrogens with one attached hydrogen (secondary N) is 1. The number of halogens is 2. The number of nitrogens with zero attached hydrogens (tertiary/aromatic N) is 1. The van der Waals surface area contributed by atoms with Crippen LogP contribution in [0.3, 0.4) is 0 Å². The number of imide groups is 1. The molecule has 0 saturated carbocycles. The van der Waals surface area contributed by atoms with Gasteiger partial charge in [0.1, 0.15) is 5.75 Å². The van der Waals surface area contributed by atoms with Gasteiger partial charge in [-0.2, -0.15) is 0 Å². The fourth-order valence-corrected chi connectivity index (χ4v) is 4.17. The van der Waals surface area contributed by atoms with E-state index in [0.29, 0.717) is 27.2 Å². The highest BCUT2D eigenvalue weighted by Crippen LogP contribution is 2.33. The number of hydrogen-bond acceptors (Lipinski definition) is 5. The summed E-state index contributed by atoms with van der Waals surface area (Å²) in [7, 11) is 1.56. The van der Waals surface area contributed by atoms with Crippen molar-refractivity contribution in [2.75, 3.05) is 23.1 Å². The van der Waals surface area contributed by atoms with Crippen LogP contribution in [0.1, 0.15) is 6.42 Å². The molecule has 0 radical (unpaired) electrons. The van der Waals surface area contributed by atoms with Crippen LogP contribution in [0.5, 0.6) is 5.75 Å². The van der Waals surface area contributed by atoms with Gasteiger partial charge in [0.05, 0.1) is 23.8 Å². The lowest BCUT2D eigenvalue weighted by Crippen LogP contribution is -2.31. The van der Waals surface area contributed by atoms with Crippen LogP contribution < -0.4 is 15.0 Å². The van der Waals surface area contributed by atoms with Gasteiger partial charge >= 0.3 is 0 Å². The lowest BCUT2D eigenvalue weighted by molar-refractivity contribution is -0.121. The Morgan fingerprint density at radius 1 is 1.18 bits per heavy atom. The molecule has 1 heterocycles. The molecule has 6 nitrogen and oxygen atoms in total. The first-order chi connectivity index (χ1) is 13.4. The molecule has 1 aliphatic heterocycles. The molecule has 1 fully saturated rings. The molecule has 1 N–H and O–H groups in total. The Morgan fingerprint density at radius 3 is 2.43 bits per heavy atom. The van der Waals surface area contributed by atoms with Gasteiger partial charge in [-0.15, -0.1) is 11.8 Å². The van der Waals surface area contributed by atoms with Gasteiger partial charge in [0.25, 0.3) is 0 Å². The molecule has 2 aromatic rings. The molecular formula is C19H16Cl2N2O4S. The largest absolute Gasteiger partial charge is 0.497 e. The molecule has 3 rings (SSSR count). The summed E-state index contributed by atoms with van der Waals surface area (Å²) in [5.74, 6) is -0.273. The minimum absolute atomic E-state index is 0.0173. The van der Waals surface area contributed by atoms with Crippen molar-refractivity contribution in [3.8, 4) is 5.75 Å². The number of methoxy groups -OCH3 is 1. The predicted molar refractivity (Wildman–Crippen MR) is 111 cm³/mol. The van der Waals surface area contributed by atoms with Gasteiger partial charge in [0.15, 0.2) is 0 Å². The van der Waals surface area contributed by atoms with Crippen molar-refractivity contribution in [2.24, 2.45) is 0 Å². The first kappa shape index (κ1) is 20.5. The van der Waals surface area contributed by atoms with E-state index in [2.05, 4.69) is 5.32 Å². The molecule has 1 aliphatic rings. The maximum Gasteiger partial charge on any atom is 0.247 e. The van der Waals surface area contributed by atoms with E-state index in [0.717, 1.165) is 16.7 Å². The van der Waals surface area contributed by atoms with Gasteiger partial charge in [-0.1, -0.05) is 23.2 Å². The maximum atomic E-state index is 12.6. The minimum atomic E-state index is -0.633. The lowest BCUT2D eigenvalue weighted by Gasteiger charge is -2.15. The Hall–Kier alpha value is -2.22. The molecule has 1 atom stereocenters. The number of ether oxygens (including phenoxy) is 1. The number of benzene rings is 2. The molecule has 9 heteroatoms. The van der Waals surface area contributed by atoms with E-state index in [1.165, 1.54) is 18.2 Å². The third-order valence-corrected chi connectivity index (χ3v) is 5.64. The number of rotatable bonds is 6. The van der Waals surface area contributed by atoms with E-state index in [1.54, 1.807) is 31.4 Å². The summed E-state index contributed by atoms with van der Waals surface area (Å²) in [6.07, 6.45) is 0.0173. The molecular weight excluding hydrogens is 423 g/mol. The fraction of sp³-hybridized carbons (Fsp3) is 0.211. The number of thioether (sulfide) groups is 1. The van der Waals surface area contributed by atoms with Crippen molar-refractivity contribution in [3.63, 3.8) is 0 Å². The van der Waals surface area contributed by atoms with Crippen LogP contribution in [0.4, 0.5) is 11.4 Å². The Labute approximate surface area is 176 Å². The van der Waals surface area contributed by atoms with Crippen LogP contribution in [0.15, 0.2) is 42.5 Å². The molecule has 2 aromatic carbocycles. The normalized spacial score (nSPS) is 16.4. The molecule has 146 valence electrons. The first-order valence-electron chi connectivity index (χ1n) is 8.26. The van der Waals surface area contributed by atoms with Gasteiger partial charge in [-0.25, -0.2) is 4.90 Å². The van der Waals surface area contributed by atoms with Crippen molar-refractivity contribution in [1.29, 1.82) is 0 Å². The summed E-state index contributed by atoms with van der Waals surface area (Å²) in [4.78, 5) is 38.2. The average Bonchev–Trinajstić information content (AvgIpc) is 2.93. The average molecular weight is 439 g/mol. The van der Waals surface area contributed by atoms with Crippen molar-refractivity contribution < 1.29 is 19.1 Å². The molecule has 28 heavy (non-hydrogen) atoms. The molecule has 1 saturated heterocycles. The minimum Gasteiger partial charge on any atom is -0.497 e. The van der Waals surface area contributed by atoms with Crippen molar-refractivity contribution in [3.05, 3.63) is 52.5 Å². The highest BCUT2D eigenvalue weighted by molar-refractivity contribution is 8.01. The summed E-state index contributed by atoms with van der Waals surface area (Å²) in [5.41, 5.74) is 0.953. The number of carbonyl (C=O) groups excluding carboxylic acids is 3. The summed E-state index contributed by atoms with van der Waals surface area (Å²) in [6.45, 7) is 0. The zero-order chi connectivity index (χ0) is 20.3. The van der Waals surface area contributed by atoms with E-state index >= 15 is 0 Å². The number of carbonyl (C=O) groups is 3. The van der Waals surface area contributed by atoms with Gasteiger partial charge in [0, 0.05) is 22.2 Å². The Balaban J connectivity index is 1.59. The van der Waals surface area contributed by atoms with Crippen LogP contribution >= 0.6 is 35.0 Å². The van der Waals surface area contributed by atoms with Gasteiger partial charge in [-0.05, 0) is 42.5 Å². The van der Waals surface area contributed by atoms with E-state index in [9.17, 15) is 14.4 Å². The number of amides is 3. The summed E-state index contributed by atoms with van der Waals surface area (Å²) in [5, 5.41) is 2.77. The second kappa shape index (κ2) is 8.86. The van der Waals surface area contributed by atoms with Crippen LogP contribution in [-0.2, 0) is 14.4 Å². The van der Waals surface area contributed by atoms with Crippen LogP contribution in [-0.4, -0.2) is 35.8 Å². The van der Waals surface area contributed by atoms with Crippen LogP contribution in [0.2, 0.25) is 10.0 Å². The van der Waals surface area contributed by atoms with E-state index in [4.69, 9.17) is 27.9 Å². The quantitative estimate of drug-likeness (QED) is 0.689. The van der Waals surface area contributed by atoms with Crippen LogP contribution in [0.25, 0.3) is 0 Å². The molecule has 0 bridgehead atoms. The molecule has 1 unspecified atom stereocenters. The number of hydrogen-bond donors (Lipinski definition) is 1. The third kappa shape index (κ3) is 4.79. The number of anilines is 2. The van der Waals surface area contributed by atoms with Crippen molar-refractivity contribution in [1.82, 2.24) is 0 Å². The Kier molecular flexibility index (Phi) is 6.49. The SMILES string of the molecule is COc1ccc(NC(=O)CSC2CC(=O)N(c3cc(Cl)cc(Cl)c3)C2=O)cc1. The molecule has 3 amide bonds. The summed E-state index contributed by atoms with van der Waals surface area (Å²) < 4.78 is 5.06. The third-order valence-electron chi connectivity index (χ3n) is 4.00. The molecule has 0 aliphatic carbocycles. The van der Waals surface area contributed by atoms with Gasteiger partial charge < -0.3 is 10.1 Å². The second-order valence-corrected chi connectivity index (χ2v) is 8.04. The second-order valence-electron chi connectivity index (χ2n) is 5.98. The molecule has 0 aromatic heterocycles. The van der Waals surface area contributed by atoms with E-state index in [1.807, 2.05) is 0 Å². The van der Waals surface area contributed by atoms with E-state index in [-0.39, 0.29) is 29.9 Å². The van der Waals surface area contributed by atoms with Gasteiger partial charge in [0.2, 0.25) is 17.7 Å². The van der Waals surface area contributed by atoms with Crippen molar-refractivity contribution >= 4 is 64.1 Å². The van der Waals surface area contributed by atoms with E-state index < -0.39 is 5.25 Å². The monoisotopic (exact) mass is 438 g/mol. The zero-order valence-corrected chi connectivity index (χ0v) is 17.1. The van der Waals surface area contributed by atoms with Crippen LogP contribution in [0, 0.1) is 0 Å². The Morgan fingerprint density at radius 2 is 1.82 bits per heavy atom. The van der Waals surface area contributed by atoms with Gasteiger partial charge in [-0.3, -0.25) is 14.4 Å². The predicted octanol–water partition coefficient (Wildman–Crippen LogP) is 4.01. The fourth-order valence-electron chi connectivity index (χ4n) is 2.72. The topological polar surface area (TPSA) is 75.7 Å². The summed E-state index contributed by atoms with van der Waals surface area (Å²) in [6, 6.07) is 11.4. The first-order valence-corrected chi connectivity index (χ1v) is 10.1. The summed E-state index contributed by atoms with van der Waals surface area (Å²) >= 11 is 13.0. The zero-order valence-electron chi connectivity index (χ0n) is 14.8. The highest BCUT2D eigenvalue weighted by Gasteiger charge is 2.40. The van der Waals surface area contributed by atoms with Crippen molar-refractivity contribution in [2.45, 2.75) is 11.7 Å². The standard InChI is InChI=1S/C19H16Cl2N2O4S/c1-27-15-4-2-13(3-5-15)22-17(24)10-28-16-9-18(25)23(19(16)26)14-7-11(20)6-12(21)8-14/h2-8,16H,9-10H2,1H3,(H,22,24). The Bertz CT molecular complexity index is 900. The smallest absolute Gasteiger partial charge is 0.247 e. The lowest BCUT2D eigenvalue weighted by atomic mass is 10.3. The molecule has 0 spiro atoms.